The maximum atomic E-state index is 13.7. The molecule has 4 heteroatoms. The van der Waals surface area contributed by atoms with Gasteiger partial charge in [0, 0.05) is 17.6 Å². The maximum absolute atomic E-state index is 13.7. The summed E-state index contributed by atoms with van der Waals surface area (Å²) in [6.45, 7) is 5.63. The van der Waals surface area contributed by atoms with Crippen LogP contribution >= 0.6 is 15.9 Å². The van der Waals surface area contributed by atoms with Crippen molar-refractivity contribution in [2.45, 2.75) is 20.3 Å². The van der Waals surface area contributed by atoms with Gasteiger partial charge in [0.05, 0.1) is 5.56 Å². The van der Waals surface area contributed by atoms with Gasteiger partial charge in [-0.05, 0) is 39.9 Å². The summed E-state index contributed by atoms with van der Waals surface area (Å²) < 4.78 is 14.2. The van der Waals surface area contributed by atoms with Crippen molar-refractivity contribution in [3.8, 4) is 0 Å². The van der Waals surface area contributed by atoms with E-state index in [9.17, 15) is 9.18 Å². The molecule has 1 fully saturated rings. The van der Waals surface area contributed by atoms with Crippen molar-refractivity contribution < 1.29 is 9.18 Å². The van der Waals surface area contributed by atoms with Gasteiger partial charge in [-0.3, -0.25) is 4.79 Å². The van der Waals surface area contributed by atoms with Crippen LogP contribution in [0.15, 0.2) is 22.7 Å². The predicted molar refractivity (Wildman–Crippen MR) is 68.4 cm³/mol. The molecule has 0 unspecified atom stereocenters. The number of likely N-dealkylation sites (tertiary alicyclic amines) is 1. The fourth-order valence-electron chi connectivity index (χ4n) is 2.15. The van der Waals surface area contributed by atoms with Gasteiger partial charge in [-0.15, -0.1) is 0 Å². The van der Waals surface area contributed by atoms with E-state index in [4.69, 9.17) is 0 Å². The quantitative estimate of drug-likeness (QED) is 0.778. The predicted octanol–water partition coefficient (Wildman–Crippen LogP) is 3.46. The Labute approximate surface area is 109 Å². The second-order valence-corrected chi connectivity index (χ2v) is 6.09. The molecule has 0 radical (unpaired) electrons. The first-order valence-electron chi connectivity index (χ1n) is 5.64. The van der Waals surface area contributed by atoms with Crippen LogP contribution in [0.1, 0.15) is 30.6 Å². The molecule has 1 aliphatic rings. The molecule has 1 aromatic rings. The number of nitrogens with zero attached hydrogens (tertiary/aromatic N) is 1. The first-order valence-corrected chi connectivity index (χ1v) is 6.43. The third kappa shape index (κ3) is 2.51. The SMILES string of the molecule is CC1(C)CCN(C(=O)c2c(F)cccc2Br)C1. The number of rotatable bonds is 1. The van der Waals surface area contributed by atoms with Gasteiger partial charge in [-0.2, -0.15) is 0 Å². The number of benzene rings is 1. The number of carbonyl (C=O) groups is 1. The number of carbonyl (C=O) groups excluding carboxylic acids is 1. The Hall–Kier alpha value is -0.900. The van der Waals surface area contributed by atoms with E-state index in [0.717, 1.165) is 6.42 Å². The Kier molecular flexibility index (Phi) is 3.25. The normalized spacial score (nSPS) is 18.5. The Bertz CT molecular complexity index is 438. The van der Waals surface area contributed by atoms with Crippen LogP contribution in [0.5, 0.6) is 0 Å². The van der Waals surface area contributed by atoms with E-state index >= 15 is 0 Å². The van der Waals surface area contributed by atoms with Gasteiger partial charge in [0.1, 0.15) is 5.82 Å². The zero-order valence-electron chi connectivity index (χ0n) is 9.96. The van der Waals surface area contributed by atoms with Gasteiger partial charge in [-0.1, -0.05) is 19.9 Å². The monoisotopic (exact) mass is 299 g/mol. The summed E-state index contributed by atoms with van der Waals surface area (Å²) in [5.74, 6) is -0.686. The fourth-order valence-corrected chi connectivity index (χ4v) is 2.66. The van der Waals surface area contributed by atoms with E-state index in [0.29, 0.717) is 17.6 Å². The number of hydrogen-bond donors (Lipinski definition) is 0. The molecule has 0 aliphatic carbocycles. The van der Waals surface area contributed by atoms with E-state index in [2.05, 4.69) is 29.8 Å². The fraction of sp³-hybridized carbons (Fsp3) is 0.462. The Morgan fingerprint density at radius 3 is 2.71 bits per heavy atom. The van der Waals surface area contributed by atoms with Crippen molar-refractivity contribution in [3.63, 3.8) is 0 Å². The molecule has 0 spiro atoms. The van der Waals surface area contributed by atoms with Gasteiger partial charge in [0.15, 0.2) is 0 Å². The highest BCUT2D eigenvalue weighted by molar-refractivity contribution is 9.10. The molecule has 2 nitrogen and oxygen atoms in total. The smallest absolute Gasteiger partial charge is 0.258 e. The number of hydrogen-bond acceptors (Lipinski definition) is 1. The summed E-state index contributed by atoms with van der Waals surface area (Å²) in [4.78, 5) is 14.0. The standard InChI is InChI=1S/C13H15BrFNO/c1-13(2)6-7-16(8-13)12(17)11-9(14)4-3-5-10(11)15/h3-5H,6-8H2,1-2H3. The Morgan fingerprint density at radius 1 is 1.47 bits per heavy atom. The summed E-state index contributed by atoms with van der Waals surface area (Å²) >= 11 is 3.24. The molecule has 1 amide bonds. The number of halogens is 2. The van der Waals surface area contributed by atoms with Crippen LogP contribution in [0.25, 0.3) is 0 Å². The van der Waals surface area contributed by atoms with Crippen LogP contribution in [0.4, 0.5) is 4.39 Å². The van der Waals surface area contributed by atoms with Crippen molar-refractivity contribution in [1.29, 1.82) is 0 Å². The molecule has 1 aliphatic heterocycles. The first kappa shape index (κ1) is 12.6. The lowest BCUT2D eigenvalue weighted by Crippen LogP contribution is -2.31. The second-order valence-electron chi connectivity index (χ2n) is 5.24. The van der Waals surface area contributed by atoms with Gasteiger partial charge in [0.2, 0.25) is 0 Å². The van der Waals surface area contributed by atoms with Gasteiger partial charge in [0.25, 0.3) is 5.91 Å². The minimum Gasteiger partial charge on any atom is -0.338 e. The van der Waals surface area contributed by atoms with Crippen molar-refractivity contribution in [2.75, 3.05) is 13.1 Å². The summed E-state index contributed by atoms with van der Waals surface area (Å²) in [5.41, 5.74) is 0.276. The molecule has 1 saturated heterocycles. The molecular weight excluding hydrogens is 285 g/mol. The molecule has 1 heterocycles. The summed E-state index contributed by atoms with van der Waals surface area (Å²) in [5, 5.41) is 0. The zero-order chi connectivity index (χ0) is 12.6. The molecule has 17 heavy (non-hydrogen) atoms. The highest BCUT2D eigenvalue weighted by atomic mass is 79.9. The lowest BCUT2D eigenvalue weighted by Gasteiger charge is -2.20. The third-order valence-electron chi connectivity index (χ3n) is 3.14. The number of amides is 1. The second kappa shape index (κ2) is 4.41. The van der Waals surface area contributed by atoms with Crippen molar-refractivity contribution in [1.82, 2.24) is 4.90 Å². The Balaban J connectivity index is 2.27. The largest absolute Gasteiger partial charge is 0.338 e. The molecule has 0 N–H and O–H groups in total. The summed E-state index contributed by atoms with van der Waals surface area (Å²) in [6, 6.07) is 4.60. The molecule has 1 aromatic carbocycles. The molecule has 0 saturated carbocycles. The Morgan fingerprint density at radius 2 is 2.18 bits per heavy atom. The van der Waals surface area contributed by atoms with Gasteiger partial charge in [-0.25, -0.2) is 4.39 Å². The first-order chi connectivity index (χ1) is 7.91. The van der Waals surface area contributed by atoms with E-state index in [1.165, 1.54) is 6.07 Å². The lowest BCUT2D eigenvalue weighted by molar-refractivity contribution is 0.0772. The van der Waals surface area contributed by atoms with Crippen LogP contribution in [0.2, 0.25) is 0 Å². The highest BCUT2D eigenvalue weighted by Crippen LogP contribution is 2.31. The molecule has 0 aromatic heterocycles. The van der Waals surface area contributed by atoms with Crippen molar-refractivity contribution in [2.24, 2.45) is 5.41 Å². The minimum absolute atomic E-state index is 0.132. The van der Waals surface area contributed by atoms with E-state index in [1.54, 1.807) is 17.0 Å². The van der Waals surface area contributed by atoms with Crippen molar-refractivity contribution >= 4 is 21.8 Å². The van der Waals surface area contributed by atoms with Crippen LogP contribution in [-0.2, 0) is 0 Å². The summed E-state index contributed by atoms with van der Waals surface area (Å²) in [6.07, 6.45) is 0.963. The van der Waals surface area contributed by atoms with E-state index in [1.807, 2.05) is 0 Å². The maximum Gasteiger partial charge on any atom is 0.258 e. The van der Waals surface area contributed by atoms with Crippen LogP contribution < -0.4 is 0 Å². The average molecular weight is 300 g/mol. The lowest BCUT2D eigenvalue weighted by atomic mass is 9.93. The van der Waals surface area contributed by atoms with Gasteiger partial charge >= 0.3 is 0 Å². The molecule has 0 bridgehead atoms. The average Bonchev–Trinajstić information content (AvgIpc) is 2.58. The van der Waals surface area contributed by atoms with E-state index in [-0.39, 0.29) is 16.9 Å². The molecule has 0 atom stereocenters. The van der Waals surface area contributed by atoms with Crippen molar-refractivity contribution in [3.05, 3.63) is 34.1 Å². The molecule has 2 rings (SSSR count). The van der Waals surface area contributed by atoms with Gasteiger partial charge < -0.3 is 4.90 Å². The topological polar surface area (TPSA) is 20.3 Å². The molecule has 92 valence electrons. The zero-order valence-corrected chi connectivity index (χ0v) is 11.6. The van der Waals surface area contributed by atoms with Crippen LogP contribution in [0.3, 0.4) is 0 Å². The third-order valence-corrected chi connectivity index (χ3v) is 3.80. The van der Waals surface area contributed by atoms with Crippen LogP contribution in [-0.4, -0.2) is 23.9 Å². The highest BCUT2D eigenvalue weighted by Gasteiger charge is 2.33. The summed E-state index contributed by atoms with van der Waals surface area (Å²) in [7, 11) is 0. The van der Waals surface area contributed by atoms with Crippen LogP contribution in [0, 0.1) is 11.2 Å². The minimum atomic E-state index is -0.464. The molecular formula is C13H15BrFNO. The van der Waals surface area contributed by atoms with E-state index < -0.39 is 5.82 Å².